The van der Waals surface area contributed by atoms with E-state index in [1.165, 1.54) is 25.3 Å². The van der Waals surface area contributed by atoms with Gasteiger partial charge in [-0.05, 0) is 36.8 Å². The van der Waals surface area contributed by atoms with Crippen molar-refractivity contribution in [2.75, 3.05) is 18.0 Å². The Bertz CT molecular complexity index is 517. The third kappa shape index (κ3) is 2.09. The van der Waals surface area contributed by atoms with Gasteiger partial charge in [0, 0.05) is 24.7 Å². The highest BCUT2D eigenvalue weighted by Gasteiger charge is 2.37. The average molecular weight is 260 g/mol. The highest BCUT2D eigenvalue weighted by Crippen LogP contribution is 2.41. The molecule has 0 amide bonds. The third-order valence-electron chi connectivity index (χ3n) is 4.40. The number of fused-ring (bicyclic) bond motifs is 1. The zero-order valence-electron chi connectivity index (χ0n) is 10.6. The summed E-state index contributed by atoms with van der Waals surface area (Å²) < 4.78 is 0. The number of carbonyl (C=O) groups is 1. The van der Waals surface area contributed by atoms with Gasteiger partial charge in [0.2, 0.25) is 0 Å². The molecule has 1 aromatic carbocycles. The van der Waals surface area contributed by atoms with E-state index < -0.39 is 4.92 Å². The molecule has 2 aliphatic rings. The van der Waals surface area contributed by atoms with E-state index in [0.717, 1.165) is 13.1 Å². The smallest absolute Gasteiger partial charge is 0.293 e. The molecule has 5 heteroatoms. The lowest BCUT2D eigenvalue weighted by Crippen LogP contribution is -2.21. The van der Waals surface area contributed by atoms with E-state index >= 15 is 0 Å². The number of hydrogen-bond donors (Lipinski definition) is 0. The molecule has 0 aromatic heterocycles. The van der Waals surface area contributed by atoms with Crippen LogP contribution in [0.25, 0.3) is 0 Å². The number of benzene rings is 1. The molecule has 0 spiro atoms. The van der Waals surface area contributed by atoms with Gasteiger partial charge in [0.05, 0.1) is 4.92 Å². The zero-order valence-corrected chi connectivity index (χ0v) is 10.6. The van der Waals surface area contributed by atoms with Crippen molar-refractivity contribution in [2.24, 2.45) is 11.8 Å². The van der Waals surface area contributed by atoms with Crippen LogP contribution in [0, 0.1) is 22.0 Å². The highest BCUT2D eigenvalue weighted by atomic mass is 16.6. The van der Waals surface area contributed by atoms with Crippen molar-refractivity contribution in [3.8, 4) is 0 Å². The van der Waals surface area contributed by atoms with E-state index in [0.29, 0.717) is 29.4 Å². The number of anilines is 1. The first kappa shape index (κ1) is 12.1. The summed E-state index contributed by atoms with van der Waals surface area (Å²) in [6, 6.07) is 4.74. The van der Waals surface area contributed by atoms with Crippen LogP contribution in [0.15, 0.2) is 18.2 Å². The normalized spacial score (nSPS) is 25.4. The van der Waals surface area contributed by atoms with Crippen molar-refractivity contribution >= 4 is 17.7 Å². The first-order chi connectivity index (χ1) is 9.19. The SMILES string of the molecule is O=Cc1ccc(N2CC3CCCC3C2)c([N+](=O)[O-])c1. The molecule has 0 radical (unpaired) electrons. The van der Waals surface area contributed by atoms with Gasteiger partial charge in [0.1, 0.15) is 12.0 Å². The molecule has 3 rings (SSSR count). The lowest BCUT2D eigenvalue weighted by Gasteiger charge is -2.19. The van der Waals surface area contributed by atoms with Crippen molar-refractivity contribution in [1.82, 2.24) is 0 Å². The van der Waals surface area contributed by atoms with E-state index in [1.807, 2.05) is 0 Å². The van der Waals surface area contributed by atoms with Gasteiger partial charge in [0.25, 0.3) is 5.69 Å². The summed E-state index contributed by atoms with van der Waals surface area (Å²) in [5.41, 5.74) is 1.06. The summed E-state index contributed by atoms with van der Waals surface area (Å²) in [5, 5.41) is 11.2. The van der Waals surface area contributed by atoms with Crippen molar-refractivity contribution in [2.45, 2.75) is 19.3 Å². The Morgan fingerprint density at radius 3 is 2.53 bits per heavy atom. The summed E-state index contributed by atoms with van der Waals surface area (Å²) in [6.07, 6.45) is 4.41. The van der Waals surface area contributed by atoms with Crippen LogP contribution in [-0.2, 0) is 0 Å². The lowest BCUT2D eigenvalue weighted by atomic mass is 10.0. The molecule has 1 aromatic rings. The molecule has 1 heterocycles. The van der Waals surface area contributed by atoms with E-state index in [1.54, 1.807) is 12.1 Å². The minimum absolute atomic E-state index is 0.0459. The Balaban J connectivity index is 1.92. The Labute approximate surface area is 111 Å². The maximum absolute atomic E-state index is 11.2. The standard InChI is InChI=1S/C14H16N2O3/c17-9-10-4-5-13(14(6-10)16(18)19)15-7-11-2-1-3-12(11)8-15/h4-6,9,11-12H,1-3,7-8H2. The second-order valence-corrected chi connectivity index (χ2v) is 5.48. The first-order valence-electron chi connectivity index (χ1n) is 6.67. The molecule has 1 saturated heterocycles. The number of nitro benzene ring substituents is 1. The number of aldehydes is 1. The number of rotatable bonds is 3. The van der Waals surface area contributed by atoms with Gasteiger partial charge in [-0.15, -0.1) is 0 Å². The molecule has 100 valence electrons. The van der Waals surface area contributed by atoms with Crippen LogP contribution < -0.4 is 4.90 Å². The van der Waals surface area contributed by atoms with Gasteiger partial charge in [-0.2, -0.15) is 0 Å². The second kappa shape index (κ2) is 4.64. The molecule has 2 atom stereocenters. The van der Waals surface area contributed by atoms with Gasteiger partial charge in [-0.25, -0.2) is 0 Å². The van der Waals surface area contributed by atoms with Crippen LogP contribution in [0.1, 0.15) is 29.6 Å². The van der Waals surface area contributed by atoms with Crippen molar-refractivity contribution in [3.63, 3.8) is 0 Å². The number of nitrogens with zero attached hydrogens (tertiary/aromatic N) is 2. The Hall–Kier alpha value is -1.91. The molecule has 2 fully saturated rings. The van der Waals surface area contributed by atoms with Crippen LogP contribution in [0.3, 0.4) is 0 Å². The molecule has 1 saturated carbocycles. The molecule has 2 unspecified atom stereocenters. The van der Waals surface area contributed by atoms with Gasteiger partial charge in [-0.3, -0.25) is 14.9 Å². The molecular formula is C14H16N2O3. The Morgan fingerprint density at radius 2 is 1.95 bits per heavy atom. The highest BCUT2D eigenvalue weighted by molar-refractivity contribution is 5.79. The largest absolute Gasteiger partial charge is 0.365 e. The van der Waals surface area contributed by atoms with Crippen LogP contribution in [-0.4, -0.2) is 24.3 Å². The fourth-order valence-electron chi connectivity index (χ4n) is 3.46. The molecule has 1 aliphatic carbocycles. The van der Waals surface area contributed by atoms with Crippen LogP contribution in [0.4, 0.5) is 11.4 Å². The fraction of sp³-hybridized carbons (Fsp3) is 0.500. The van der Waals surface area contributed by atoms with E-state index in [2.05, 4.69) is 4.90 Å². The number of hydrogen-bond acceptors (Lipinski definition) is 4. The lowest BCUT2D eigenvalue weighted by molar-refractivity contribution is -0.384. The molecule has 0 bridgehead atoms. The average Bonchev–Trinajstić information content (AvgIpc) is 2.98. The summed E-state index contributed by atoms with van der Waals surface area (Å²) in [5.74, 6) is 1.37. The van der Waals surface area contributed by atoms with Gasteiger partial charge >= 0.3 is 0 Å². The summed E-state index contributed by atoms with van der Waals surface area (Å²) in [7, 11) is 0. The van der Waals surface area contributed by atoms with E-state index in [-0.39, 0.29) is 5.69 Å². The van der Waals surface area contributed by atoms with Gasteiger partial charge in [-0.1, -0.05) is 6.42 Å². The monoisotopic (exact) mass is 260 g/mol. The van der Waals surface area contributed by atoms with Gasteiger partial charge in [0.15, 0.2) is 0 Å². The predicted octanol–water partition coefficient (Wildman–Crippen LogP) is 2.64. The maximum atomic E-state index is 11.2. The van der Waals surface area contributed by atoms with Gasteiger partial charge < -0.3 is 4.90 Å². The van der Waals surface area contributed by atoms with Crippen LogP contribution in [0.5, 0.6) is 0 Å². The molecule has 0 N–H and O–H groups in total. The molecule has 19 heavy (non-hydrogen) atoms. The third-order valence-corrected chi connectivity index (χ3v) is 4.40. The molecular weight excluding hydrogens is 244 g/mol. The Kier molecular flexibility index (Phi) is 2.97. The van der Waals surface area contributed by atoms with Crippen LogP contribution >= 0.6 is 0 Å². The van der Waals surface area contributed by atoms with Crippen molar-refractivity contribution in [3.05, 3.63) is 33.9 Å². The second-order valence-electron chi connectivity index (χ2n) is 5.48. The minimum atomic E-state index is -0.392. The van der Waals surface area contributed by atoms with Crippen molar-refractivity contribution < 1.29 is 9.72 Å². The molecule has 1 aliphatic heterocycles. The summed E-state index contributed by atoms with van der Waals surface area (Å²) in [4.78, 5) is 23.6. The summed E-state index contributed by atoms with van der Waals surface area (Å²) in [6.45, 7) is 1.82. The fourth-order valence-corrected chi connectivity index (χ4v) is 3.46. The molecule has 5 nitrogen and oxygen atoms in total. The van der Waals surface area contributed by atoms with E-state index in [4.69, 9.17) is 0 Å². The summed E-state index contributed by atoms with van der Waals surface area (Å²) >= 11 is 0. The number of carbonyl (C=O) groups excluding carboxylic acids is 1. The van der Waals surface area contributed by atoms with Crippen LogP contribution in [0.2, 0.25) is 0 Å². The minimum Gasteiger partial charge on any atom is -0.365 e. The maximum Gasteiger partial charge on any atom is 0.293 e. The first-order valence-corrected chi connectivity index (χ1v) is 6.67. The van der Waals surface area contributed by atoms with E-state index in [9.17, 15) is 14.9 Å². The topological polar surface area (TPSA) is 63.5 Å². The quantitative estimate of drug-likeness (QED) is 0.476. The van der Waals surface area contributed by atoms with Crippen molar-refractivity contribution in [1.29, 1.82) is 0 Å². The Morgan fingerprint density at radius 1 is 1.26 bits per heavy atom. The number of nitro groups is 1. The zero-order chi connectivity index (χ0) is 13.4. The predicted molar refractivity (Wildman–Crippen MR) is 71.5 cm³/mol.